The van der Waals surface area contributed by atoms with Crippen molar-refractivity contribution in [1.82, 2.24) is 0 Å². The first-order valence-electron chi connectivity index (χ1n) is 19.6. The molecule has 0 aliphatic carbocycles. The summed E-state index contributed by atoms with van der Waals surface area (Å²) in [4.78, 5) is 0. The Bertz CT molecular complexity index is 2280. The van der Waals surface area contributed by atoms with Gasteiger partial charge in [0.1, 0.15) is 0 Å². The smallest absolute Gasteiger partial charge is 0.214 e. The third-order valence-corrected chi connectivity index (χ3v) is 8.00. The van der Waals surface area contributed by atoms with Crippen molar-refractivity contribution in [3.05, 3.63) is 311 Å². The quantitative estimate of drug-likeness (QED) is 0.0807. The van der Waals surface area contributed by atoms with Gasteiger partial charge in [0.15, 0.2) is 0 Å². The Hall–Kier alpha value is -6.44. The van der Waals surface area contributed by atoms with E-state index in [0.717, 1.165) is 44.5 Å². The maximum absolute atomic E-state index is 3.16. The van der Waals surface area contributed by atoms with Gasteiger partial charge in [-0.2, -0.15) is 169 Å². The third kappa shape index (κ3) is 24.9. The van der Waals surface area contributed by atoms with E-state index in [9.17, 15) is 0 Å². The molecule has 10 rings (SSSR count). The van der Waals surface area contributed by atoms with Gasteiger partial charge in [-0.25, -0.2) is 48.5 Å². The van der Waals surface area contributed by atoms with Crippen molar-refractivity contribution >= 4 is 0 Å². The third-order valence-electron chi connectivity index (χ3n) is 8.00. The van der Waals surface area contributed by atoms with Crippen LogP contribution in [0.25, 0.3) is 0 Å². The minimum Gasteiger partial charge on any atom is -0.214 e. The molecule has 0 saturated carbocycles. The molecule has 0 nitrogen and oxygen atoms in total. The summed E-state index contributed by atoms with van der Waals surface area (Å²) >= 11 is 0. The molecule has 0 atom stereocenters. The van der Waals surface area contributed by atoms with Crippen molar-refractivity contribution in [1.29, 1.82) is 0 Å². The Balaban J connectivity index is 0.000000428. The second-order valence-corrected chi connectivity index (χ2v) is 12.7. The largest absolute Gasteiger partial charge is 2.00 e. The van der Waals surface area contributed by atoms with E-state index in [4.69, 9.17) is 0 Å². The van der Waals surface area contributed by atoms with Gasteiger partial charge in [0.25, 0.3) is 0 Å². The molecular weight excluding hydrogens is 944 g/mol. The molecule has 0 aliphatic heterocycles. The van der Waals surface area contributed by atoms with Crippen molar-refractivity contribution in [2.45, 2.75) is 0 Å². The Morgan fingerprint density at radius 3 is 0.594 bits per heavy atom. The van der Waals surface area contributed by atoms with Crippen LogP contribution in [0.3, 0.4) is 0 Å². The Morgan fingerprint density at radius 2 is 0.438 bits per heavy atom. The average Bonchev–Trinajstić information content (AvgIpc) is 4.17. The number of hydrogen-bond acceptors (Lipinski definition) is 0. The Labute approximate surface area is 423 Å². The van der Waals surface area contributed by atoms with Crippen LogP contribution in [-0.2, 0) is 68.3 Å². The van der Waals surface area contributed by atoms with Crippen molar-refractivity contribution in [3.8, 4) is 47.4 Å². The summed E-state index contributed by atoms with van der Waals surface area (Å²) in [6, 6.07) is 88.0. The standard InChI is InChI=1S/2C20H12.4C5H5.4Fe/c2*1-2-7-17(6-1)12-14-19-10-5-11-20(16-19)15-13-18-8-3-4-9-18;4*1-2-4-5-3-1;;;;/h2*1-11,16H;4*1-5H;;;;/q2*-2;4*-1;4*+2. The number of benzene rings is 2. The van der Waals surface area contributed by atoms with Gasteiger partial charge in [0.2, 0.25) is 0 Å². The monoisotopic (exact) mass is 988 g/mol. The van der Waals surface area contributed by atoms with E-state index in [1.165, 1.54) is 0 Å². The molecule has 0 aliphatic rings. The van der Waals surface area contributed by atoms with Crippen LogP contribution in [-0.4, -0.2) is 0 Å². The Kier molecular flexibility index (Phi) is 31.3. The van der Waals surface area contributed by atoms with Crippen molar-refractivity contribution in [2.75, 3.05) is 0 Å². The van der Waals surface area contributed by atoms with Gasteiger partial charge in [-0.1, -0.05) is 12.1 Å². The zero-order valence-corrected chi connectivity index (χ0v) is 39.2. The minimum absolute atomic E-state index is 0. The van der Waals surface area contributed by atoms with Gasteiger partial charge >= 0.3 is 68.3 Å². The maximum Gasteiger partial charge on any atom is 2.00 e. The summed E-state index contributed by atoms with van der Waals surface area (Å²) in [5.41, 5.74) is 8.11. The first-order chi connectivity index (χ1) is 29.8. The topological polar surface area (TPSA) is 0 Å². The van der Waals surface area contributed by atoms with Crippen LogP contribution in [0.15, 0.2) is 267 Å². The van der Waals surface area contributed by atoms with Crippen LogP contribution in [0, 0.1) is 47.4 Å². The summed E-state index contributed by atoms with van der Waals surface area (Å²) in [5.74, 6) is 25.2. The van der Waals surface area contributed by atoms with Crippen LogP contribution in [0.2, 0.25) is 0 Å². The summed E-state index contributed by atoms with van der Waals surface area (Å²) in [6.07, 6.45) is 0. The summed E-state index contributed by atoms with van der Waals surface area (Å²) in [6.45, 7) is 0. The molecule has 0 aromatic heterocycles. The predicted octanol–water partition coefficient (Wildman–Crippen LogP) is 13.5. The second-order valence-electron chi connectivity index (χ2n) is 12.7. The zero-order chi connectivity index (χ0) is 41.4. The van der Waals surface area contributed by atoms with Crippen LogP contribution < -0.4 is 0 Å². The molecule has 64 heavy (non-hydrogen) atoms. The molecule has 0 N–H and O–H groups in total. The van der Waals surface area contributed by atoms with Crippen LogP contribution in [0.4, 0.5) is 0 Å². The molecule has 0 radical (unpaired) electrons. The molecule has 0 spiro atoms. The van der Waals surface area contributed by atoms with Gasteiger partial charge in [-0.3, -0.25) is 0 Å². The van der Waals surface area contributed by atoms with E-state index >= 15 is 0 Å². The molecule has 0 unspecified atom stereocenters. The van der Waals surface area contributed by atoms with E-state index in [1.807, 2.05) is 267 Å². The van der Waals surface area contributed by atoms with E-state index in [1.54, 1.807) is 0 Å². The summed E-state index contributed by atoms with van der Waals surface area (Å²) in [7, 11) is 0. The van der Waals surface area contributed by atoms with Crippen molar-refractivity contribution in [3.63, 3.8) is 0 Å². The van der Waals surface area contributed by atoms with Gasteiger partial charge in [-0.05, 0) is 36.4 Å². The molecule has 316 valence electrons. The van der Waals surface area contributed by atoms with Gasteiger partial charge in [0.05, 0.1) is 0 Å². The fourth-order valence-electron chi connectivity index (χ4n) is 5.04. The molecule has 10 aromatic carbocycles. The average molecular weight is 988 g/mol. The van der Waals surface area contributed by atoms with E-state index < -0.39 is 0 Å². The summed E-state index contributed by atoms with van der Waals surface area (Å²) in [5, 5.41) is 0. The molecule has 0 fully saturated rings. The van der Waals surface area contributed by atoms with Gasteiger partial charge in [0, 0.05) is 22.3 Å². The van der Waals surface area contributed by atoms with Crippen LogP contribution in [0.5, 0.6) is 0 Å². The molecule has 0 heterocycles. The fourth-order valence-corrected chi connectivity index (χ4v) is 5.04. The van der Waals surface area contributed by atoms with E-state index in [-0.39, 0.29) is 68.3 Å². The van der Waals surface area contributed by atoms with E-state index in [0.29, 0.717) is 0 Å². The molecule has 0 bridgehead atoms. The normalized spacial score (nSPS) is 8.25. The molecule has 10 aromatic rings. The zero-order valence-electron chi connectivity index (χ0n) is 34.8. The van der Waals surface area contributed by atoms with Crippen molar-refractivity contribution < 1.29 is 68.3 Å². The summed E-state index contributed by atoms with van der Waals surface area (Å²) < 4.78 is 0. The minimum atomic E-state index is 0. The molecular formula is C60H44Fe4. The fraction of sp³-hybridized carbons (Fsp3) is 0. The first-order valence-corrected chi connectivity index (χ1v) is 19.6. The van der Waals surface area contributed by atoms with Gasteiger partial charge in [-0.15, -0.1) is 70.2 Å². The number of rotatable bonds is 0. The van der Waals surface area contributed by atoms with Gasteiger partial charge < -0.3 is 0 Å². The molecule has 0 saturated heterocycles. The molecule has 0 amide bonds. The van der Waals surface area contributed by atoms with Crippen LogP contribution >= 0.6 is 0 Å². The predicted molar refractivity (Wildman–Crippen MR) is 253 cm³/mol. The SMILES string of the molecule is C(#Cc1ccc[cH-]1)c1cccc(C#Cc2ccc[cH-]2)c1.C(#Cc1ccc[cH-]1)c1cccc(C#Cc2ccc[cH-]2)c1.[Fe+2].[Fe+2].[Fe+2].[Fe+2].c1cc[cH-]c1.c1cc[cH-]c1.c1cc[cH-]c1.c1cc[cH-]c1. The molecule has 4 heteroatoms. The van der Waals surface area contributed by atoms with E-state index in [2.05, 4.69) is 47.4 Å². The van der Waals surface area contributed by atoms with Crippen LogP contribution in [0.1, 0.15) is 44.5 Å². The maximum atomic E-state index is 3.16. The van der Waals surface area contributed by atoms with Crippen molar-refractivity contribution in [2.24, 2.45) is 0 Å². The number of hydrogen-bond donors (Lipinski definition) is 0. The Morgan fingerprint density at radius 1 is 0.219 bits per heavy atom. The second kappa shape index (κ2) is 36.1. The first kappa shape index (κ1) is 55.6.